The molecule has 0 aliphatic rings. The van der Waals surface area contributed by atoms with Gasteiger partial charge in [-0.15, -0.1) is 0 Å². The second kappa shape index (κ2) is 9.71. The number of hydrogen-bond donors (Lipinski definition) is 1. The van der Waals surface area contributed by atoms with Crippen LogP contribution in [0.2, 0.25) is 0 Å². The van der Waals surface area contributed by atoms with Gasteiger partial charge in [-0.25, -0.2) is 0 Å². The number of carbonyl (C=O) groups excluding carboxylic acids is 1. The van der Waals surface area contributed by atoms with Crippen LogP contribution in [0.15, 0.2) is 83.3 Å². The Balaban J connectivity index is 1.83. The highest BCUT2D eigenvalue weighted by Gasteiger charge is 2.19. The summed E-state index contributed by atoms with van der Waals surface area (Å²) in [6, 6.07) is 21.0. The van der Waals surface area contributed by atoms with Crippen molar-refractivity contribution in [1.82, 2.24) is 9.38 Å². The third-order valence-corrected chi connectivity index (χ3v) is 5.02. The molecule has 1 amide bonds. The van der Waals surface area contributed by atoms with Gasteiger partial charge in [0.15, 0.2) is 0 Å². The largest absolute Gasteiger partial charge is 0.495 e. The average molecular weight is 452 g/mol. The van der Waals surface area contributed by atoms with Gasteiger partial charge in [-0.1, -0.05) is 36.4 Å². The zero-order valence-electron chi connectivity index (χ0n) is 18.5. The number of rotatable bonds is 6. The maximum Gasteiger partial charge on any atom is 0.269 e. The lowest BCUT2D eigenvalue weighted by atomic mass is 10.1. The highest BCUT2D eigenvalue weighted by atomic mass is 16.5. The molecule has 0 saturated heterocycles. The maximum absolute atomic E-state index is 13.4. The van der Waals surface area contributed by atoms with E-state index in [0.29, 0.717) is 22.8 Å². The van der Waals surface area contributed by atoms with Crippen LogP contribution < -0.4 is 20.3 Å². The maximum atomic E-state index is 13.4. The lowest BCUT2D eigenvalue weighted by Gasteiger charge is -2.12. The Morgan fingerprint density at radius 2 is 1.82 bits per heavy atom. The molecule has 1 N–H and O–H groups in total. The number of aromatic nitrogens is 2. The first-order valence-electron chi connectivity index (χ1n) is 10.3. The van der Waals surface area contributed by atoms with Crippen LogP contribution in [-0.2, 0) is 4.79 Å². The van der Waals surface area contributed by atoms with Crippen LogP contribution >= 0.6 is 0 Å². The van der Waals surface area contributed by atoms with Gasteiger partial charge < -0.3 is 14.8 Å². The Labute approximate surface area is 195 Å². The van der Waals surface area contributed by atoms with E-state index in [1.165, 1.54) is 17.6 Å². The number of anilines is 1. The minimum Gasteiger partial charge on any atom is -0.495 e. The van der Waals surface area contributed by atoms with E-state index in [1.807, 2.05) is 25.1 Å². The molecule has 4 aromatic rings. The number of pyridine rings is 1. The molecule has 0 saturated carbocycles. The van der Waals surface area contributed by atoms with E-state index in [9.17, 15) is 14.9 Å². The highest BCUT2D eigenvalue weighted by Crippen LogP contribution is 2.26. The second-order valence-corrected chi connectivity index (χ2v) is 7.26. The van der Waals surface area contributed by atoms with Crippen molar-refractivity contribution in [3.05, 3.63) is 100.0 Å². The Hall–Kier alpha value is -4.90. The summed E-state index contributed by atoms with van der Waals surface area (Å²) in [5.74, 6) is 0.179. The Bertz CT molecular complexity index is 1500. The van der Waals surface area contributed by atoms with E-state index in [2.05, 4.69) is 10.3 Å². The molecule has 2 aromatic carbocycles. The molecule has 0 spiro atoms. The quantitative estimate of drug-likeness (QED) is 0.344. The number of para-hydroxylation sites is 3. The van der Waals surface area contributed by atoms with Crippen LogP contribution in [0, 0.1) is 18.3 Å². The van der Waals surface area contributed by atoms with Gasteiger partial charge in [-0.3, -0.25) is 14.0 Å². The molecule has 34 heavy (non-hydrogen) atoms. The second-order valence-electron chi connectivity index (χ2n) is 7.26. The number of nitrogens with one attached hydrogen (secondary N) is 1. The molecule has 8 nitrogen and oxygen atoms in total. The zero-order valence-corrected chi connectivity index (χ0v) is 18.5. The normalized spacial score (nSPS) is 11.0. The van der Waals surface area contributed by atoms with Crippen molar-refractivity contribution >= 4 is 23.3 Å². The lowest BCUT2D eigenvalue weighted by Crippen LogP contribution is -2.20. The first-order valence-corrected chi connectivity index (χ1v) is 10.3. The molecule has 0 fully saturated rings. The summed E-state index contributed by atoms with van der Waals surface area (Å²) in [5.41, 5.74) is 0.766. The number of nitriles is 1. The summed E-state index contributed by atoms with van der Waals surface area (Å²) in [7, 11) is 1.48. The molecule has 4 rings (SSSR count). The molecule has 2 heterocycles. The van der Waals surface area contributed by atoms with Crippen molar-refractivity contribution in [3.8, 4) is 23.4 Å². The van der Waals surface area contributed by atoms with Gasteiger partial charge >= 0.3 is 0 Å². The number of nitrogens with zero attached hydrogens (tertiary/aromatic N) is 3. The molecule has 0 aliphatic heterocycles. The van der Waals surface area contributed by atoms with Crippen molar-refractivity contribution in [2.24, 2.45) is 0 Å². The fraction of sp³-hybridized carbons (Fsp3) is 0.0769. The summed E-state index contributed by atoms with van der Waals surface area (Å²) >= 11 is 0. The molecule has 2 aromatic heterocycles. The summed E-state index contributed by atoms with van der Waals surface area (Å²) in [5, 5.41) is 12.4. The molecule has 8 heteroatoms. The first kappa shape index (κ1) is 22.3. The fourth-order valence-corrected chi connectivity index (χ4v) is 3.32. The van der Waals surface area contributed by atoms with Crippen molar-refractivity contribution in [3.63, 3.8) is 0 Å². The summed E-state index contributed by atoms with van der Waals surface area (Å²) in [6.45, 7) is 1.82. The van der Waals surface area contributed by atoms with Gasteiger partial charge in [-0.2, -0.15) is 10.2 Å². The molecular weight excluding hydrogens is 432 g/mol. The Morgan fingerprint density at radius 1 is 1.09 bits per heavy atom. The number of hydrogen-bond acceptors (Lipinski definition) is 6. The standard InChI is InChI=1S/C26H20N4O4/c1-17-9-8-14-30-23(17)29-25(34-19-10-4-3-5-11-19)20(26(30)32)15-18(16-27)24(31)28-21-12-6-7-13-22(21)33-2/h3-15H,1-2H3,(H,28,31)/b18-15-. The first-order chi connectivity index (χ1) is 16.5. The molecule has 0 bridgehead atoms. The molecule has 0 unspecified atom stereocenters. The van der Waals surface area contributed by atoms with Gasteiger partial charge in [0.05, 0.1) is 12.8 Å². The van der Waals surface area contributed by atoms with E-state index >= 15 is 0 Å². The van der Waals surface area contributed by atoms with Gasteiger partial charge in [0.25, 0.3) is 11.5 Å². The van der Waals surface area contributed by atoms with Crippen molar-refractivity contribution in [2.75, 3.05) is 12.4 Å². The van der Waals surface area contributed by atoms with Crippen molar-refractivity contribution in [2.45, 2.75) is 6.92 Å². The van der Waals surface area contributed by atoms with E-state index in [1.54, 1.807) is 60.8 Å². The van der Waals surface area contributed by atoms with Crippen LogP contribution in [-0.4, -0.2) is 22.4 Å². The third kappa shape index (κ3) is 4.49. The zero-order chi connectivity index (χ0) is 24.1. The van der Waals surface area contributed by atoms with E-state index in [4.69, 9.17) is 9.47 Å². The molecule has 0 atom stereocenters. The number of aryl methyl sites for hydroxylation is 1. The monoisotopic (exact) mass is 452 g/mol. The number of amides is 1. The average Bonchev–Trinajstić information content (AvgIpc) is 2.85. The van der Waals surface area contributed by atoms with Crippen LogP contribution in [0.25, 0.3) is 11.7 Å². The predicted octanol–water partition coefficient (Wildman–Crippen LogP) is 4.35. The number of methoxy groups -OCH3 is 1. The summed E-state index contributed by atoms with van der Waals surface area (Å²) < 4.78 is 12.5. The number of benzene rings is 2. The van der Waals surface area contributed by atoms with Gasteiger partial charge in [0.1, 0.15) is 34.4 Å². The number of fused-ring (bicyclic) bond motifs is 1. The van der Waals surface area contributed by atoms with Crippen LogP contribution in [0.1, 0.15) is 11.1 Å². The Morgan fingerprint density at radius 3 is 2.56 bits per heavy atom. The summed E-state index contributed by atoms with van der Waals surface area (Å²) in [6.07, 6.45) is 2.76. The molecule has 168 valence electrons. The van der Waals surface area contributed by atoms with Crippen LogP contribution in [0.5, 0.6) is 17.4 Å². The minimum absolute atomic E-state index is 0.0108. The predicted molar refractivity (Wildman–Crippen MR) is 128 cm³/mol. The lowest BCUT2D eigenvalue weighted by molar-refractivity contribution is -0.112. The van der Waals surface area contributed by atoms with Gasteiger partial charge in [0.2, 0.25) is 5.88 Å². The molecule has 0 aliphatic carbocycles. The van der Waals surface area contributed by atoms with Crippen LogP contribution in [0.4, 0.5) is 5.69 Å². The fourth-order valence-electron chi connectivity index (χ4n) is 3.32. The van der Waals surface area contributed by atoms with Gasteiger partial charge in [0, 0.05) is 6.20 Å². The highest BCUT2D eigenvalue weighted by molar-refractivity contribution is 6.10. The van der Waals surface area contributed by atoms with Gasteiger partial charge in [-0.05, 0) is 48.9 Å². The smallest absolute Gasteiger partial charge is 0.269 e. The van der Waals surface area contributed by atoms with Crippen molar-refractivity contribution in [1.29, 1.82) is 5.26 Å². The summed E-state index contributed by atoms with van der Waals surface area (Å²) in [4.78, 5) is 30.8. The minimum atomic E-state index is -0.702. The molecular formula is C26H20N4O4. The van der Waals surface area contributed by atoms with E-state index in [0.717, 1.165) is 5.56 Å². The third-order valence-electron chi connectivity index (χ3n) is 5.02. The van der Waals surface area contributed by atoms with E-state index in [-0.39, 0.29) is 17.0 Å². The number of carbonyl (C=O) groups is 1. The SMILES string of the molecule is COc1ccccc1NC(=O)/C(C#N)=C\c1c(Oc2ccccc2)nc2c(C)cccn2c1=O. The van der Waals surface area contributed by atoms with Crippen LogP contribution in [0.3, 0.4) is 0 Å². The topological polar surface area (TPSA) is 106 Å². The Kier molecular flexibility index (Phi) is 6.37. The number of ether oxygens (including phenoxy) is 2. The molecule has 0 radical (unpaired) electrons. The van der Waals surface area contributed by atoms with Crippen molar-refractivity contribution < 1.29 is 14.3 Å². The van der Waals surface area contributed by atoms with E-state index < -0.39 is 11.5 Å².